The van der Waals surface area contributed by atoms with E-state index in [2.05, 4.69) is 12.2 Å². The first kappa shape index (κ1) is 20.9. The van der Waals surface area contributed by atoms with Crippen molar-refractivity contribution in [1.82, 2.24) is 14.9 Å². The van der Waals surface area contributed by atoms with Gasteiger partial charge in [-0.25, -0.2) is 4.98 Å². The Hall–Kier alpha value is -1.86. The molecule has 3 rings (SSSR count). The molecule has 1 fully saturated rings. The van der Waals surface area contributed by atoms with E-state index in [0.29, 0.717) is 35.6 Å². The van der Waals surface area contributed by atoms with Crippen LogP contribution in [0.3, 0.4) is 0 Å². The molecule has 0 radical (unpaired) electrons. The first-order chi connectivity index (χ1) is 13.6. The van der Waals surface area contributed by atoms with E-state index in [1.54, 1.807) is 10.6 Å². The van der Waals surface area contributed by atoms with E-state index in [1.165, 1.54) is 11.8 Å². The van der Waals surface area contributed by atoms with Gasteiger partial charge in [0.2, 0.25) is 5.91 Å². The number of unbranched alkanes of at least 4 members (excludes halogenated alkanes) is 1. The van der Waals surface area contributed by atoms with E-state index in [-0.39, 0.29) is 22.8 Å². The number of benzene rings is 1. The average molecular weight is 404 g/mol. The van der Waals surface area contributed by atoms with Crippen LogP contribution in [0.2, 0.25) is 0 Å². The summed E-state index contributed by atoms with van der Waals surface area (Å²) in [6, 6.07) is 7.38. The molecular weight excluding hydrogens is 374 g/mol. The summed E-state index contributed by atoms with van der Waals surface area (Å²) in [7, 11) is 0. The number of thioether (sulfide) groups is 1. The summed E-state index contributed by atoms with van der Waals surface area (Å²) in [4.78, 5) is 30.5. The molecule has 1 aromatic heterocycles. The Kier molecular flexibility index (Phi) is 7.50. The Balaban J connectivity index is 1.90. The molecule has 2 atom stereocenters. The third-order valence-electron chi connectivity index (χ3n) is 4.98. The fourth-order valence-electron chi connectivity index (χ4n) is 3.34. The monoisotopic (exact) mass is 403 g/mol. The average Bonchev–Trinajstić information content (AvgIpc) is 3.22. The molecule has 1 amide bonds. The van der Waals surface area contributed by atoms with E-state index in [0.717, 1.165) is 32.3 Å². The van der Waals surface area contributed by atoms with Crippen molar-refractivity contribution in [3.8, 4) is 0 Å². The highest BCUT2D eigenvalue weighted by Gasteiger charge is 2.24. The zero-order valence-electron chi connectivity index (χ0n) is 16.6. The van der Waals surface area contributed by atoms with Crippen LogP contribution in [0.5, 0.6) is 0 Å². The molecule has 152 valence electrons. The Labute approximate surface area is 170 Å². The van der Waals surface area contributed by atoms with Gasteiger partial charge in [0, 0.05) is 13.2 Å². The van der Waals surface area contributed by atoms with Gasteiger partial charge in [0.15, 0.2) is 5.16 Å². The van der Waals surface area contributed by atoms with Gasteiger partial charge in [-0.2, -0.15) is 0 Å². The highest BCUT2D eigenvalue weighted by Crippen LogP contribution is 2.26. The van der Waals surface area contributed by atoms with Crippen LogP contribution in [0.15, 0.2) is 34.2 Å². The van der Waals surface area contributed by atoms with Crippen LogP contribution in [0.1, 0.15) is 46.0 Å². The van der Waals surface area contributed by atoms with Crippen LogP contribution < -0.4 is 10.9 Å². The molecule has 0 unspecified atom stereocenters. The minimum absolute atomic E-state index is 0.00650. The molecule has 0 saturated carbocycles. The van der Waals surface area contributed by atoms with Crippen LogP contribution in [-0.2, 0) is 16.1 Å². The highest BCUT2D eigenvalue weighted by atomic mass is 32.2. The van der Waals surface area contributed by atoms with Gasteiger partial charge in [-0.05, 0) is 37.8 Å². The fourth-order valence-corrected chi connectivity index (χ4v) is 4.39. The second kappa shape index (κ2) is 10.1. The summed E-state index contributed by atoms with van der Waals surface area (Å²) in [6.07, 6.45) is 4.66. The van der Waals surface area contributed by atoms with E-state index in [4.69, 9.17) is 9.72 Å². The molecule has 0 bridgehead atoms. The predicted octanol–water partition coefficient (Wildman–Crippen LogP) is 3.36. The number of hydrogen-bond acceptors (Lipinski definition) is 5. The van der Waals surface area contributed by atoms with Gasteiger partial charge in [-0.1, -0.05) is 44.2 Å². The summed E-state index contributed by atoms with van der Waals surface area (Å²) in [6.45, 7) is 5.98. The Morgan fingerprint density at radius 3 is 2.93 bits per heavy atom. The molecule has 0 aliphatic carbocycles. The Morgan fingerprint density at radius 1 is 1.39 bits per heavy atom. The van der Waals surface area contributed by atoms with Crippen molar-refractivity contribution in [2.24, 2.45) is 0 Å². The topological polar surface area (TPSA) is 73.2 Å². The number of nitrogens with one attached hydrogen (secondary N) is 1. The molecule has 28 heavy (non-hydrogen) atoms. The maximum absolute atomic E-state index is 13.1. The molecule has 1 aromatic carbocycles. The van der Waals surface area contributed by atoms with Crippen LogP contribution in [0, 0.1) is 0 Å². The van der Waals surface area contributed by atoms with E-state index in [9.17, 15) is 9.59 Å². The summed E-state index contributed by atoms with van der Waals surface area (Å²) >= 11 is 1.38. The lowest BCUT2D eigenvalue weighted by Gasteiger charge is -2.19. The van der Waals surface area contributed by atoms with Gasteiger partial charge in [0.1, 0.15) is 0 Å². The lowest BCUT2D eigenvalue weighted by molar-refractivity contribution is -0.120. The molecule has 1 aliphatic rings. The highest BCUT2D eigenvalue weighted by molar-refractivity contribution is 8.00. The number of hydrogen-bond donors (Lipinski definition) is 1. The largest absolute Gasteiger partial charge is 0.376 e. The minimum Gasteiger partial charge on any atom is -0.376 e. The number of amides is 1. The van der Waals surface area contributed by atoms with E-state index >= 15 is 0 Å². The molecule has 7 heteroatoms. The third kappa shape index (κ3) is 4.94. The molecule has 6 nitrogen and oxygen atoms in total. The quantitative estimate of drug-likeness (QED) is 0.395. The Bertz CT molecular complexity index is 862. The van der Waals surface area contributed by atoms with Crippen molar-refractivity contribution < 1.29 is 9.53 Å². The zero-order valence-corrected chi connectivity index (χ0v) is 17.5. The zero-order chi connectivity index (χ0) is 19.9. The van der Waals surface area contributed by atoms with Crippen molar-refractivity contribution in [1.29, 1.82) is 0 Å². The summed E-state index contributed by atoms with van der Waals surface area (Å²) in [5.74, 6) is 0.00650. The Morgan fingerprint density at radius 2 is 2.21 bits per heavy atom. The first-order valence-electron chi connectivity index (χ1n) is 10.2. The van der Waals surface area contributed by atoms with Gasteiger partial charge in [0.25, 0.3) is 5.56 Å². The van der Waals surface area contributed by atoms with Gasteiger partial charge in [0.05, 0.1) is 28.8 Å². The number of fused-ring (bicyclic) bond motifs is 1. The van der Waals surface area contributed by atoms with Crippen molar-refractivity contribution in [2.45, 2.75) is 69.0 Å². The fraction of sp³-hybridized carbons (Fsp3) is 0.571. The van der Waals surface area contributed by atoms with Gasteiger partial charge in [-0.15, -0.1) is 0 Å². The predicted molar refractivity (Wildman–Crippen MR) is 113 cm³/mol. The van der Waals surface area contributed by atoms with Crippen molar-refractivity contribution >= 4 is 28.6 Å². The maximum atomic E-state index is 13.1. The van der Waals surface area contributed by atoms with Crippen LogP contribution in [0.25, 0.3) is 10.9 Å². The maximum Gasteiger partial charge on any atom is 0.262 e. The number of para-hydroxylation sites is 1. The SMILES string of the molecule is CCCCNC(=O)[C@H](CC)Sc1nc2ccccc2c(=O)n1C[C@@H]1CCCO1. The standard InChI is InChI=1S/C21H29N3O3S/c1-3-5-12-22-19(25)18(4-2)28-21-23-17-11-7-6-10-16(17)20(26)24(21)14-15-9-8-13-27-15/h6-7,10-11,15,18H,3-5,8-9,12-14H2,1-2H3,(H,22,25)/t15-,18-/m0/s1. The molecule has 1 saturated heterocycles. The minimum atomic E-state index is -0.277. The number of ether oxygens (including phenoxy) is 1. The lowest BCUT2D eigenvalue weighted by Crippen LogP contribution is -2.34. The normalized spacial score (nSPS) is 17.7. The molecule has 2 heterocycles. The third-order valence-corrected chi connectivity index (χ3v) is 6.33. The summed E-state index contributed by atoms with van der Waals surface area (Å²) in [5.41, 5.74) is 0.602. The van der Waals surface area contributed by atoms with Crippen molar-refractivity contribution in [3.05, 3.63) is 34.6 Å². The number of carbonyl (C=O) groups is 1. The molecule has 1 N–H and O–H groups in total. The van der Waals surface area contributed by atoms with Crippen molar-refractivity contribution in [2.75, 3.05) is 13.2 Å². The smallest absolute Gasteiger partial charge is 0.262 e. The van der Waals surface area contributed by atoms with Crippen molar-refractivity contribution in [3.63, 3.8) is 0 Å². The van der Waals surface area contributed by atoms with Crippen LogP contribution in [0.4, 0.5) is 0 Å². The second-order valence-electron chi connectivity index (χ2n) is 7.12. The summed E-state index contributed by atoms with van der Waals surface area (Å²) in [5, 5.41) is 3.92. The van der Waals surface area contributed by atoms with Crippen LogP contribution in [-0.4, -0.2) is 40.0 Å². The van der Waals surface area contributed by atoms with Gasteiger partial charge < -0.3 is 10.1 Å². The van der Waals surface area contributed by atoms with E-state index < -0.39 is 0 Å². The number of nitrogens with zero attached hydrogens (tertiary/aromatic N) is 2. The van der Waals surface area contributed by atoms with Gasteiger partial charge >= 0.3 is 0 Å². The second-order valence-corrected chi connectivity index (χ2v) is 8.29. The molecule has 1 aliphatic heterocycles. The number of rotatable bonds is 9. The van der Waals surface area contributed by atoms with Gasteiger partial charge in [-0.3, -0.25) is 14.2 Å². The molecular formula is C21H29N3O3S. The van der Waals surface area contributed by atoms with Crippen LogP contribution >= 0.6 is 11.8 Å². The molecule has 2 aromatic rings. The first-order valence-corrected chi connectivity index (χ1v) is 11.1. The lowest BCUT2D eigenvalue weighted by atomic mass is 10.2. The number of aromatic nitrogens is 2. The number of carbonyl (C=O) groups excluding carboxylic acids is 1. The summed E-state index contributed by atoms with van der Waals surface area (Å²) < 4.78 is 7.45. The molecule has 0 spiro atoms. The van der Waals surface area contributed by atoms with E-state index in [1.807, 2.05) is 25.1 Å².